The molecule has 2 nitrogen and oxygen atoms in total. The maximum Gasteiger partial charge on any atom is 0.253 e. The van der Waals surface area contributed by atoms with Crippen LogP contribution in [0.2, 0.25) is 0 Å². The van der Waals surface area contributed by atoms with Crippen LogP contribution < -0.4 is 0 Å². The highest BCUT2D eigenvalue weighted by Crippen LogP contribution is 2.15. The van der Waals surface area contributed by atoms with Crippen LogP contribution in [0.1, 0.15) is 22.2 Å². The number of thiophene rings is 1. The van der Waals surface area contributed by atoms with Gasteiger partial charge in [0.25, 0.3) is 5.91 Å². The molecule has 1 atom stereocenters. The van der Waals surface area contributed by atoms with Crippen molar-refractivity contribution in [3.05, 3.63) is 58.0 Å². The van der Waals surface area contributed by atoms with Gasteiger partial charge in [-0.05, 0) is 42.6 Å². The van der Waals surface area contributed by atoms with Crippen molar-refractivity contribution < 1.29 is 9.18 Å². The number of hydrogen-bond acceptors (Lipinski definition) is 2. The first-order valence-corrected chi connectivity index (χ1v) is 7.01. The largest absolute Gasteiger partial charge is 0.339 e. The fourth-order valence-electron chi connectivity index (χ4n) is 1.85. The third-order valence-electron chi connectivity index (χ3n) is 3.15. The lowest BCUT2D eigenvalue weighted by atomic mass is 10.1. The molecular formula is C15H16FNOS. The average Bonchev–Trinajstić information content (AvgIpc) is 2.90. The van der Waals surface area contributed by atoms with E-state index in [0.717, 1.165) is 6.42 Å². The van der Waals surface area contributed by atoms with Gasteiger partial charge in [-0.15, -0.1) is 11.3 Å². The third kappa shape index (κ3) is 3.41. The fraction of sp³-hybridized carbons (Fsp3) is 0.267. The first-order chi connectivity index (χ1) is 9.08. The minimum Gasteiger partial charge on any atom is -0.339 e. The molecule has 0 saturated carbocycles. The van der Waals surface area contributed by atoms with E-state index in [2.05, 4.69) is 6.07 Å². The third-order valence-corrected chi connectivity index (χ3v) is 4.05. The Bertz CT molecular complexity index is 536. The zero-order valence-electron chi connectivity index (χ0n) is 11.0. The Balaban J connectivity index is 2.04. The maximum atomic E-state index is 12.8. The van der Waals surface area contributed by atoms with Crippen LogP contribution in [0.25, 0.3) is 0 Å². The van der Waals surface area contributed by atoms with Crippen LogP contribution in [0.15, 0.2) is 41.8 Å². The molecule has 0 radical (unpaired) electrons. The molecule has 100 valence electrons. The summed E-state index contributed by atoms with van der Waals surface area (Å²) in [5.41, 5.74) is 0.516. The van der Waals surface area contributed by atoms with Gasteiger partial charge in [-0.25, -0.2) is 4.39 Å². The van der Waals surface area contributed by atoms with Crippen molar-refractivity contribution in [3.63, 3.8) is 0 Å². The van der Waals surface area contributed by atoms with Gasteiger partial charge in [0.15, 0.2) is 0 Å². The Hall–Kier alpha value is -1.68. The number of likely N-dealkylation sites (N-methyl/N-ethyl adjacent to an activating group) is 1. The van der Waals surface area contributed by atoms with E-state index in [4.69, 9.17) is 0 Å². The molecule has 1 aromatic heterocycles. The van der Waals surface area contributed by atoms with Crippen LogP contribution in [0.3, 0.4) is 0 Å². The second-order valence-corrected chi connectivity index (χ2v) is 5.59. The van der Waals surface area contributed by atoms with Crippen LogP contribution in [0.5, 0.6) is 0 Å². The van der Waals surface area contributed by atoms with Gasteiger partial charge < -0.3 is 4.90 Å². The summed E-state index contributed by atoms with van der Waals surface area (Å²) in [6.07, 6.45) is 0.834. The second-order valence-electron chi connectivity index (χ2n) is 4.56. The van der Waals surface area contributed by atoms with Gasteiger partial charge in [0.05, 0.1) is 0 Å². The molecule has 0 saturated heterocycles. The number of halogens is 1. The lowest BCUT2D eigenvalue weighted by Gasteiger charge is -2.24. The summed E-state index contributed by atoms with van der Waals surface area (Å²) < 4.78 is 12.8. The van der Waals surface area contributed by atoms with E-state index >= 15 is 0 Å². The molecule has 2 rings (SSSR count). The molecular weight excluding hydrogens is 261 g/mol. The first-order valence-electron chi connectivity index (χ1n) is 6.13. The molecule has 0 N–H and O–H groups in total. The summed E-state index contributed by atoms with van der Waals surface area (Å²) in [6, 6.07) is 9.84. The summed E-state index contributed by atoms with van der Waals surface area (Å²) in [6.45, 7) is 2.02. The van der Waals surface area contributed by atoms with Gasteiger partial charge in [-0.3, -0.25) is 4.79 Å². The minimum absolute atomic E-state index is 0.0796. The molecule has 0 fully saturated rings. The second kappa shape index (κ2) is 5.97. The maximum absolute atomic E-state index is 12.8. The predicted octanol–water partition coefficient (Wildman–Crippen LogP) is 3.59. The topological polar surface area (TPSA) is 20.3 Å². The number of amides is 1. The van der Waals surface area contributed by atoms with Crippen molar-refractivity contribution in [1.29, 1.82) is 0 Å². The number of carbonyl (C=O) groups excluding carboxylic acids is 1. The standard InChI is InChI=1S/C15H16FNOS/c1-11(10-14-4-3-9-19-14)17(2)15(18)12-5-7-13(16)8-6-12/h3-9,11H,10H2,1-2H3. The molecule has 0 bridgehead atoms. The van der Waals surface area contributed by atoms with Gasteiger partial charge in [0, 0.05) is 30.0 Å². The quantitative estimate of drug-likeness (QED) is 0.836. The monoisotopic (exact) mass is 277 g/mol. The zero-order valence-corrected chi connectivity index (χ0v) is 11.8. The van der Waals surface area contributed by atoms with Crippen molar-refractivity contribution in [2.24, 2.45) is 0 Å². The van der Waals surface area contributed by atoms with E-state index in [1.807, 2.05) is 18.4 Å². The summed E-state index contributed by atoms with van der Waals surface area (Å²) >= 11 is 1.69. The molecule has 0 aliphatic carbocycles. The summed E-state index contributed by atoms with van der Waals surface area (Å²) in [4.78, 5) is 15.2. The number of hydrogen-bond donors (Lipinski definition) is 0. The van der Waals surface area contributed by atoms with Gasteiger partial charge >= 0.3 is 0 Å². The Labute approximate surface area is 116 Å². The highest BCUT2D eigenvalue weighted by Gasteiger charge is 2.18. The highest BCUT2D eigenvalue weighted by atomic mass is 32.1. The first kappa shape index (κ1) is 13.7. The van der Waals surface area contributed by atoms with Gasteiger partial charge in [0.1, 0.15) is 5.82 Å². The van der Waals surface area contributed by atoms with Crippen molar-refractivity contribution >= 4 is 17.2 Å². The zero-order chi connectivity index (χ0) is 13.8. The number of rotatable bonds is 4. The van der Waals surface area contributed by atoms with E-state index in [0.29, 0.717) is 5.56 Å². The van der Waals surface area contributed by atoms with E-state index < -0.39 is 0 Å². The molecule has 0 aliphatic rings. The molecule has 1 heterocycles. The molecule has 1 amide bonds. The normalized spacial score (nSPS) is 12.2. The van der Waals surface area contributed by atoms with Crippen molar-refractivity contribution in [2.45, 2.75) is 19.4 Å². The predicted molar refractivity (Wildman–Crippen MR) is 76.0 cm³/mol. The van der Waals surface area contributed by atoms with Crippen LogP contribution in [-0.2, 0) is 6.42 Å². The summed E-state index contributed by atoms with van der Waals surface area (Å²) in [5, 5.41) is 2.03. The summed E-state index contributed by atoms with van der Waals surface area (Å²) in [5.74, 6) is -0.408. The van der Waals surface area contributed by atoms with Crippen LogP contribution >= 0.6 is 11.3 Å². The molecule has 19 heavy (non-hydrogen) atoms. The van der Waals surface area contributed by atoms with Crippen molar-refractivity contribution in [3.8, 4) is 0 Å². The average molecular weight is 277 g/mol. The van der Waals surface area contributed by atoms with E-state index in [1.54, 1.807) is 23.3 Å². The van der Waals surface area contributed by atoms with Crippen molar-refractivity contribution in [1.82, 2.24) is 4.90 Å². The number of carbonyl (C=O) groups is 1. The van der Waals surface area contributed by atoms with Gasteiger partial charge in [0.2, 0.25) is 0 Å². The molecule has 1 aromatic carbocycles. The Kier molecular flexibility index (Phi) is 4.32. The van der Waals surface area contributed by atoms with E-state index in [9.17, 15) is 9.18 Å². The summed E-state index contributed by atoms with van der Waals surface area (Å²) in [7, 11) is 1.78. The molecule has 4 heteroatoms. The molecule has 1 unspecified atom stereocenters. The SMILES string of the molecule is CC(Cc1cccs1)N(C)C(=O)c1ccc(F)cc1. The lowest BCUT2D eigenvalue weighted by Crippen LogP contribution is -2.36. The number of nitrogens with zero attached hydrogens (tertiary/aromatic N) is 1. The fourth-order valence-corrected chi connectivity index (χ4v) is 2.68. The Morgan fingerprint density at radius 1 is 1.32 bits per heavy atom. The van der Waals surface area contributed by atoms with Crippen LogP contribution in [0.4, 0.5) is 4.39 Å². The van der Waals surface area contributed by atoms with E-state index in [-0.39, 0.29) is 17.8 Å². The number of benzene rings is 1. The van der Waals surface area contributed by atoms with Crippen molar-refractivity contribution in [2.75, 3.05) is 7.05 Å². The Morgan fingerprint density at radius 3 is 2.58 bits per heavy atom. The smallest absolute Gasteiger partial charge is 0.253 e. The molecule has 0 spiro atoms. The highest BCUT2D eigenvalue weighted by molar-refractivity contribution is 7.09. The van der Waals surface area contributed by atoms with Crippen LogP contribution in [-0.4, -0.2) is 23.9 Å². The molecule has 2 aromatic rings. The lowest BCUT2D eigenvalue weighted by molar-refractivity contribution is 0.0744. The van der Waals surface area contributed by atoms with Crippen LogP contribution in [0, 0.1) is 5.82 Å². The van der Waals surface area contributed by atoms with Gasteiger partial charge in [-0.2, -0.15) is 0 Å². The van der Waals surface area contributed by atoms with Gasteiger partial charge in [-0.1, -0.05) is 6.07 Å². The molecule has 0 aliphatic heterocycles. The Morgan fingerprint density at radius 2 is 2.00 bits per heavy atom. The van der Waals surface area contributed by atoms with E-state index in [1.165, 1.54) is 29.1 Å². The minimum atomic E-state index is -0.328.